The van der Waals surface area contributed by atoms with Crippen LogP contribution in [0.3, 0.4) is 0 Å². The molecule has 0 aromatic carbocycles. The molecule has 0 amide bonds. The zero-order valence-electron chi connectivity index (χ0n) is 8.86. The zero-order chi connectivity index (χ0) is 11.0. The number of aryl methyl sites for hydroxylation is 1. The van der Waals surface area contributed by atoms with Crippen molar-refractivity contribution in [1.82, 2.24) is 9.78 Å². The van der Waals surface area contributed by atoms with Crippen LogP contribution in [0.15, 0.2) is 0 Å². The van der Waals surface area contributed by atoms with Gasteiger partial charge in [-0.1, -0.05) is 0 Å². The molecule has 1 aromatic heterocycles. The highest BCUT2D eigenvalue weighted by atomic mass is 32.2. The van der Waals surface area contributed by atoms with Crippen molar-refractivity contribution < 1.29 is 9.90 Å². The van der Waals surface area contributed by atoms with E-state index in [1.165, 1.54) is 0 Å². The van der Waals surface area contributed by atoms with Gasteiger partial charge in [0.1, 0.15) is 0 Å². The lowest BCUT2D eigenvalue weighted by atomic mass is 10.1. The van der Waals surface area contributed by atoms with Crippen molar-refractivity contribution in [3.8, 4) is 0 Å². The first-order valence-electron chi connectivity index (χ1n) is 4.93. The molecule has 0 saturated carbocycles. The molecule has 2 rings (SSSR count). The predicted molar refractivity (Wildman–Crippen MR) is 59.4 cm³/mol. The van der Waals surface area contributed by atoms with Gasteiger partial charge in [0.25, 0.3) is 0 Å². The Balaban J connectivity index is 2.30. The lowest BCUT2D eigenvalue weighted by Gasteiger charge is -2.26. The van der Waals surface area contributed by atoms with Crippen LogP contribution in [-0.2, 0) is 11.2 Å². The minimum absolute atomic E-state index is 0.0809. The fourth-order valence-corrected chi connectivity index (χ4v) is 2.55. The summed E-state index contributed by atoms with van der Waals surface area (Å²) in [6.07, 6.45) is 0.0809. The van der Waals surface area contributed by atoms with Crippen molar-refractivity contribution in [2.75, 3.05) is 11.5 Å². The molecule has 0 spiro atoms. The van der Waals surface area contributed by atoms with Gasteiger partial charge in [-0.2, -0.15) is 16.9 Å². The van der Waals surface area contributed by atoms with Crippen molar-refractivity contribution >= 4 is 17.7 Å². The van der Waals surface area contributed by atoms with E-state index in [-0.39, 0.29) is 6.42 Å². The van der Waals surface area contributed by atoms with E-state index < -0.39 is 5.97 Å². The molecule has 15 heavy (non-hydrogen) atoms. The molecule has 1 aliphatic rings. The molecule has 1 aliphatic heterocycles. The quantitative estimate of drug-likeness (QED) is 0.846. The second-order valence-corrected chi connectivity index (χ2v) is 4.93. The Labute approximate surface area is 92.7 Å². The minimum Gasteiger partial charge on any atom is -0.481 e. The molecular formula is C10H14N2O2S. The molecule has 0 aliphatic carbocycles. The Kier molecular flexibility index (Phi) is 2.73. The summed E-state index contributed by atoms with van der Waals surface area (Å²) in [6, 6.07) is 0.469. The Morgan fingerprint density at radius 1 is 1.60 bits per heavy atom. The summed E-state index contributed by atoms with van der Waals surface area (Å²) in [4.78, 5) is 10.7. The van der Waals surface area contributed by atoms with Gasteiger partial charge in [0.15, 0.2) is 0 Å². The van der Waals surface area contributed by atoms with E-state index in [0.717, 1.165) is 28.5 Å². The number of aliphatic carboxylic acids is 1. The Morgan fingerprint density at radius 2 is 2.27 bits per heavy atom. The van der Waals surface area contributed by atoms with Gasteiger partial charge in [0.05, 0.1) is 18.2 Å². The van der Waals surface area contributed by atoms with Crippen LogP contribution in [0, 0.1) is 13.8 Å². The Bertz CT molecular complexity index is 396. The summed E-state index contributed by atoms with van der Waals surface area (Å²) < 4.78 is 1.99. The number of nitrogens with zero attached hydrogens (tertiary/aromatic N) is 2. The SMILES string of the molecule is Cc1nn(C2CSC2)c(C)c1CC(=O)O. The van der Waals surface area contributed by atoms with Gasteiger partial charge in [0, 0.05) is 22.8 Å². The molecule has 0 unspecified atom stereocenters. The second kappa shape index (κ2) is 3.89. The molecule has 1 N–H and O–H groups in total. The summed E-state index contributed by atoms with van der Waals surface area (Å²) in [5, 5.41) is 13.2. The van der Waals surface area contributed by atoms with Crippen LogP contribution in [0.25, 0.3) is 0 Å². The third-order valence-electron chi connectivity index (χ3n) is 2.77. The molecule has 82 valence electrons. The van der Waals surface area contributed by atoms with Gasteiger partial charge in [-0.3, -0.25) is 9.48 Å². The first kappa shape index (κ1) is 10.5. The normalized spacial score (nSPS) is 16.4. The van der Waals surface area contributed by atoms with Gasteiger partial charge in [-0.15, -0.1) is 0 Å². The van der Waals surface area contributed by atoms with Gasteiger partial charge < -0.3 is 5.11 Å². The lowest BCUT2D eigenvalue weighted by molar-refractivity contribution is -0.136. The van der Waals surface area contributed by atoms with Crippen LogP contribution >= 0.6 is 11.8 Å². The van der Waals surface area contributed by atoms with E-state index >= 15 is 0 Å². The number of hydrogen-bond donors (Lipinski definition) is 1. The van der Waals surface area contributed by atoms with Crippen LogP contribution in [-0.4, -0.2) is 32.4 Å². The number of carbonyl (C=O) groups is 1. The maximum atomic E-state index is 10.7. The highest BCUT2D eigenvalue weighted by molar-refractivity contribution is 8.00. The molecule has 0 radical (unpaired) electrons. The number of carboxylic acids is 1. The number of rotatable bonds is 3. The number of thioether (sulfide) groups is 1. The van der Waals surface area contributed by atoms with Crippen molar-refractivity contribution in [3.63, 3.8) is 0 Å². The highest BCUT2D eigenvalue weighted by Gasteiger charge is 2.25. The topological polar surface area (TPSA) is 55.1 Å². The van der Waals surface area contributed by atoms with Crippen molar-refractivity contribution in [1.29, 1.82) is 0 Å². The molecule has 1 saturated heterocycles. The fourth-order valence-electron chi connectivity index (χ4n) is 1.82. The first-order valence-corrected chi connectivity index (χ1v) is 6.09. The van der Waals surface area contributed by atoms with Crippen LogP contribution in [0.2, 0.25) is 0 Å². The van der Waals surface area contributed by atoms with Crippen LogP contribution in [0.4, 0.5) is 0 Å². The summed E-state index contributed by atoms with van der Waals surface area (Å²) in [5.41, 5.74) is 2.74. The zero-order valence-corrected chi connectivity index (χ0v) is 9.67. The monoisotopic (exact) mass is 226 g/mol. The van der Waals surface area contributed by atoms with Crippen molar-refractivity contribution in [3.05, 3.63) is 17.0 Å². The lowest BCUT2D eigenvalue weighted by Crippen LogP contribution is -2.24. The van der Waals surface area contributed by atoms with Gasteiger partial charge >= 0.3 is 5.97 Å². The van der Waals surface area contributed by atoms with Crippen LogP contribution < -0.4 is 0 Å². The smallest absolute Gasteiger partial charge is 0.307 e. The van der Waals surface area contributed by atoms with E-state index in [4.69, 9.17) is 5.11 Å². The molecule has 1 fully saturated rings. The van der Waals surface area contributed by atoms with E-state index in [0.29, 0.717) is 6.04 Å². The van der Waals surface area contributed by atoms with E-state index in [1.807, 2.05) is 30.3 Å². The van der Waals surface area contributed by atoms with Gasteiger partial charge in [0.2, 0.25) is 0 Å². The number of hydrogen-bond acceptors (Lipinski definition) is 3. The molecule has 0 bridgehead atoms. The third kappa shape index (κ3) is 1.88. The average molecular weight is 226 g/mol. The average Bonchev–Trinajstić information content (AvgIpc) is 2.30. The van der Waals surface area contributed by atoms with Gasteiger partial charge in [-0.25, -0.2) is 0 Å². The maximum Gasteiger partial charge on any atom is 0.307 e. The summed E-state index contributed by atoms with van der Waals surface area (Å²) in [7, 11) is 0. The second-order valence-electron chi connectivity index (χ2n) is 3.86. The van der Waals surface area contributed by atoms with Gasteiger partial charge in [-0.05, 0) is 13.8 Å². The summed E-state index contributed by atoms with van der Waals surface area (Å²) in [5.74, 6) is 1.40. The Morgan fingerprint density at radius 3 is 2.73 bits per heavy atom. The maximum absolute atomic E-state index is 10.7. The Hall–Kier alpha value is -0.970. The standard InChI is InChI=1S/C10H14N2O2S/c1-6-9(3-10(13)14)7(2)12(11-6)8-4-15-5-8/h8H,3-5H2,1-2H3,(H,13,14). The number of carboxylic acid groups (broad SMARTS) is 1. The molecule has 2 heterocycles. The molecule has 5 heteroatoms. The number of aromatic nitrogens is 2. The van der Waals surface area contributed by atoms with Crippen molar-refractivity contribution in [2.24, 2.45) is 0 Å². The highest BCUT2D eigenvalue weighted by Crippen LogP contribution is 2.31. The first-order chi connectivity index (χ1) is 7.09. The predicted octanol–water partition coefficient (Wildman–Crippen LogP) is 1.41. The van der Waals surface area contributed by atoms with E-state index in [9.17, 15) is 4.79 Å². The van der Waals surface area contributed by atoms with Crippen LogP contribution in [0.1, 0.15) is 23.0 Å². The molecule has 0 atom stereocenters. The van der Waals surface area contributed by atoms with E-state index in [2.05, 4.69) is 5.10 Å². The largest absolute Gasteiger partial charge is 0.481 e. The van der Waals surface area contributed by atoms with Crippen molar-refractivity contribution in [2.45, 2.75) is 26.3 Å². The van der Waals surface area contributed by atoms with Crippen LogP contribution in [0.5, 0.6) is 0 Å². The molecule has 4 nitrogen and oxygen atoms in total. The summed E-state index contributed by atoms with van der Waals surface area (Å²) >= 11 is 1.90. The van der Waals surface area contributed by atoms with E-state index in [1.54, 1.807) is 0 Å². The fraction of sp³-hybridized carbons (Fsp3) is 0.600. The third-order valence-corrected chi connectivity index (χ3v) is 4.01. The molecule has 1 aromatic rings. The summed E-state index contributed by atoms with van der Waals surface area (Å²) in [6.45, 7) is 3.84. The molecular weight excluding hydrogens is 212 g/mol. The minimum atomic E-state index is -0.788.